The summed E-state index contributed by atoms with van der Waals surface area (Å²) in [5.41, 5.74) is 6.58. The van der Waals surface area contributed by atoms with E-state index in [0.717, 1.165) is 60.7 Å². The van der Waals surface area contributed by atoms with Gasteiger partial charge in [-0.1, -0.05) is 48.5 Å². The molecule has 1 saturated heterocycles. The molecule has 0 unspecified atom stereocenters. The number of hydrogen-bond acceptors (Lipinski definition) is 5. The molecule has 1 amide bonds. The molecule has 0 spiro atoms. The molecular weight excluding hydrogens is 492 g/mol. The number of methoxy groups -OCH3 is 1. The van der Waals surface area contributed by atoms with Crippen LogP contribution in [0.15, 0.2) is 23.6 Å². The van der Waals surface area contributed by atoms with Crippen molar-refractivity contribution in [1.29, 1.82) is 0 Å². The van der Waals surface area contributed by atoms with E-state index in [2.05, 4.69) is 77.1 Å². The van der Waals surface area contributed by atoms with Gasteiger partial charge in [-0.25, -0.2) is 4.98 Å². The molecule has 1 fully saturated rings. The third kappa shape index (κ3) is 5.98. The van der Waals surface area contributed by atoms with Crippen LogP contribution in [0.2, 0.25) is 0 Å². The molecule has 3 aromatic rings. The Hall–Kier alpha value is -2.67. The number of benzene rings is 1. The Morgan fingerprint density at radius 1 is 1.05 bits per heavy atom. The van der Waals surface area contributed by atoms with Crippen LogP contribution in [0, 0.1) is 6.92 Å². The molecule has 3 heterocycles. The number of thiazole rings is 1. The highest BCUT2D eigenvalue weighted by Crippen LogP contribution is 2.43. The highest BCUT2D eigenvalue weighted by atomic mass is 32.1. The Bertz CT molecular complexity index is 1250. The van der Waals surface area contributed by atoms with Gasteiger partial charge in [0.1, 0.15) is 12.3 Å². The van der Waals surface area contributed by atoms with Crippen molar-refractivity contribution in [3.8, 4) is 17.0 Å². The van der Waals surface area contributed by atoms with Crippen LogP contribution in [-0.4, -0.2) is 45.8 Å². The van der Waals surface area contributed by atoms with Crippen LogP contribution in [0.3, 0.4) is 0 Å². The minimum atomic E-state index is -0.0492. The van der Waals surface area contributed by atoms with Crippen molar-refractivity contribution in [1.82, 2.24) is 19.7 Å². The van der Waals surface area contributed by atoms with E-state index in [1.165, 1.54) is 16.1 Å². The molecule has 2 aromatic heterocycles. The van der Waals surface area contributed by atoms with Crippen molar-refractivity contribution in [2.45, 2.75) is 97.9 Å². The van der Waals surface area contributed by atoms with Gasteiger partial charge in [0.25, 0.3) is 0 Å². The van der Waals surface area contributed by atoms with Crippen molar-refractivity contribution in [2.75, 3.05) is 20.2 Å². The van der Waals surface area contributed by atoms with Crippen molar-refractivity contribution >= 4 is 17.2 Å². The number of carbonyl (C=O) groups is 1. The summed E-state index contributed by atoms with van der Waals surface area (Å²) in [5.74, 6) is 1.52. The van der Waals surface area contributed by atoms with Gasteiger partial charge in [0.05, 0.1) is 23.5 Å². The zero-order chi connectivity index (χ0) is 27.8. The number of piperidine rings is 1. The fourth-order valence-corrected chi connectivity index (χ4v) is 6.23. The largest absolute Gasteiger partial charge is 0.496 e. The van der Waals surface area contributed by atoms with Gasteiger partial charge in [0.2, 0.25) is 5.91 Å². The van der Waals surface area contributed by atoms with Crippen molar-refractivity contribution < 1.29 is 9.53 Å². The van der Waals surface area contributed by atoms with Crippen LogP contribution in [0.4, 0.5) is 0 Å². The first kappa shape index (κ1) is 28.3. The quantitative estimate of drug-likeness (QED) is 0.344. The molecule has 206 valence electrons. The van der Waals surface area contributed by atoms with E-state index < -0.39 is 0 Å². The van der Waals surface area contributed by atoms with Crippen LogP contribution in [0.5, 0.6) is 5.75 Å². The molecule has 1 aliphatic rings. The van der Waals surface area contributed by atoms with Gasteiger partial charge in [0.15, 0.2) is 0 Å². The lowest BCUT2D eigenvalue weighted by atomic mass is 9.78. The summed E-state index contributed by atoms with van der Waals surface area (Å²) in [6.45, 7) is 19.4. The normalized spacial score (nSPS) is 15.2. The van der Waals surface area contributed by atoms with E-state index >= 15 is 0 Å². The summed E-state index contributed by atoms with van der Waals surface area (Å²) in [7, 11) is 1.77. The third-order valence-corrected chi connectivity index (χ3v) is 8.61. The summed E-state index contributed by atoms with van der Waals surface area (Å²) in [6, 6.07) is 6.59. The van der Waals surface area contributed by atoms with E-state index in [4.69, 9.17) is 9.72 Å². The molecule has 0 N–H and O–H groups in total. The second-order valence-corrected chi connectivity index (χ2v) is 13.5. The van der Waals surface area contributed by atoms with Crippen LogP contribution >= 0.6 is 11.3 Å². The highest BCUT2D eigenvalue weighted by molar-refractivity contribution is 7.10. The van der Waals surface area contributed by atoms with Crippen LogP contribution in [0.25, 0.3) is 11.3 Å². The number of aryl methyl sites for hydroxylation is 2. The first-order valence-corrected chi connectivity index (χ1v) is 14.7. The standard InChI is InChI=1S/C31H44N4O2S/c1-10-23-15-20(2)35(33-23)18-27(36)34-13-11-21(12-14-34)29-32-26(19-38-29)22-16-24(30(3,4)5)28(37-9)25(17-22)31(6,7)8/h15-17,19,21H,10-14,18H2,1-9H3. The number of hydrogen-bond donors (Lipinski definition) is 0. The molecule has 0 atom stereocenters. The van der Waals surface area contributed by atoms with Crippen LogP contribution < -0.4 is 4.74 Å². The maximum atomic E-state index is 13.0. The summed E-state index contributed by atoms with van der Waals surface area (Å²) in [5, 5.41) is 7.93. The Morgan fingerprint density at radius 3 is 2.16 bits per heavy atom. The molecule has 4 rings (SSSR count). The van der Waals surface area contributed by atoms with E-state index in [9.17, 15) is 4.79 Å². The lowest BCUT2D eigenvalue weighted by molar-refractivity contribution is -0.133. The maximum Gasteiger partial charge on any atom is 0.244 e. The van der Waals surface area contributed by atoms with E-state index in [1.54, 1.807) is 18.4 Å². The van der Waals surface area contributed by atoms with Crippen molar-refractivity contribution in [2.24, 2.45) is 0 Å². The number of carbonyl (C=O) groups excluding carboxylic acids is 1. The number of rotatable bonds is 6. The highest BCUT2D eigenvalue weighted by Gasteiger charge is 2.29. The Labute approximate surface area is 232 Å². The molecule has 0 bridgehead atoms. The van der Waals surface area contributed by atoms with Gasteiger partial charge in [-0.05, 0) is 55.2 Å². The average Bonchev–Trinajstić information content (AvgIpc) is 3.49. The number of amides is 1. The summed E-state index contributed by atoms with van der Waals surface area (Å²) >= 11 is 1.75. The SMILES string of the molecule is CCc1cc(C)n(CC(=O)N2CCC(c3nc(-c4cc(C(C)(C)C)c(OC)c(C(C)(C)C)c4)cs3)CC2)n1. The van der Waals surface area contributed by atoms with Gasteiger partial charge in [-0.15, -0.1) is 11.3 Å². The topological polar surface area (TPSA) is 60.2 Å². The van der Waals surface area contributed by atoms with E-state index in [0.29, 0.717) is 12.5 Å². The molecule has 0 radical (unpaired) electrons. The van der Waals surface area contributed by atoms with Crippen molar-refractivity contribution in [3.63, 3.8) is 0 Å². The number of nitrogens with zero attached hydrogens (tertiary/aromatic N) is 4. The van der Waals surface area contributed by atoms with Gasteiger partial charge in [-0.3, -0.25) is 9.48 Å². The zero-order valence-electron chi connectivity index (χ0n) is 24.6. The number of likely N-dealkylation sites (tertiary alicyclic amines) is 1. The molecular formula is C31H44N4O2S. The maximum absolute atomic E-state index is 13.0. The van der Waals surface area contributed by atoms with E-state index in [1.807, 2.05) is 16.5 Å². The fraction of sp³-hybridized carbons (Fsp3) is 0.581. The van der Waals surface area contributed by atoms with Crippen LogP contribution in [-0.2, 0) is 28.6 Å². The average molecular weight is 537 g/mol. The smallest absolute Gasteiger partial charge is 0.244 e. The number of aromatic nitrogens is 3. The zero-order valence-corrected chi connectivity index (χ0v) is 25.5. The van der Waals surface area contributed by atoms with Gasteiger partial charge >= 0.3 is 0 Å². The molecule has 1 aliphatic heterocycles. The van der Waals surface area contributed by atoms with Gasteiger partial charge in [-0.2, -0.15) is 5.10 Å². The monoisotopic (exact) mass is 536 g/mol. The minimum Gasteiger partial charge on any atom is -0.496 e. The van der Waals surface area contributed by atoms with Gasteiger partial charge < -0.3 is 9.64 Å². The fourth-order valence-electron chi connectivity index (χ4n) is 5.23. The Morgan fingerprint density at radius 2 is 1.66 bits per heavy atom. The second kappa shape index (κ2) is 10.8. The first-order valence-electron chi connectivity index (χ1n) is 13.8. The third-order valence-electron chi connectivity index (χ3n) is 7.60. The molecule has 38 heavy (non-hydrogen) atoms. The Kier molecular flexibility index (Phi) is 8.08. The molecule has 6 nitrogen and oxygen atoms in total. The second-order valence-electron chi connectivity index (χ2n) is 12.6. The lowest BCUT2D eigenvalue weighted by Gasteiger charge is -2.31. The Balaban J connectivity index is 1.50. The summed E-state index contributed by atoms with van der Waals surface area (Å²) in [4.78, 5) is 20.1. The van der Waals surface area contributed by atoms with E-state index in [-0.39, 0.29) is 16.7 Å². The first-order chi connectivity index (χ1) is 17.8. The molecule has 0 saturated carbocycles. The number of ether oxygens (including phenoxy) is 1. The predicted molar refractivity (Wildman–Crippen MR) is 156 cm³/mol. The lowest BCUT2D eigenvalue weighted by Crippen LogP contribution is -2.40. The van der Waals surface area contributed by atoms with Crippen molar-refractivity contribution in [3.05, 3.63) is 51.1 Å². The predicted octanol–water partition coefficient (Wildman–Crippen LogP) is 6.89. The van der Waals surface area contributed by atoms with Crippen LogP contribution in [0.1, 0.15) is 94.7 Å². The molecule has 0 aliphatic carbocycles. The summed E-state index contributed by atoms with van der Waals surface area (Å²) < 4.78 is 7.79. The molecule has 1 aromatic carbocycles. The summed E-state index contributed by atoms with van der Waals surface area (Å²) in [6.07, 6.45) is 2.77. The molecule has 7 heteroatoms. The minimum absolute atomic E-state index is 0.0492. The van der Waals surface area contributed by atoms with Gasteiger partial charge in [0, 0.05) is 46.8 Å².